The number of nitrogens with zero attached hydrogens (tertiary/aromatic N) is 2. The van der Waals surface area contributed by atoms with Crippen molar-refractivity contribution >= 4 is 40.4 Å². The molecule has 0 radical (unpaired) electrons. The van der Waals surface area contributed by atoms with E-state index in [0.29, 0.717) is 41.2 Å². The number of piperazine rings is 1. The average Bonchev–Trinajstić information content (AvgIpc) is 3.49. The Morgan fingerprint density at radius 3 is 2.64 bits per heavy atom. The highest BCUT2D eigenvalue weighted by Crippen LogP contribution is 2.35. The minimum absolute atomic E-state index is 0.0681. The summed E-state index contributed by atoms with van der Waals surface area (Å²) in [6.07, 6.45) is 0. The molecule has 1 fully saturated rings. The van der Waals surface area contributed by atoms with Crippen LogP contribution in [0.5, 0.6) is 17.2 Å². The number of carbonyl (C=O) groups is 1. The van der Waals surface area contributed by atoms with Crippen LogP contribution in [0.3, 0.4) is 0 Å². The topological polar surface area (TPSA) is 51.2 Å². The molecule has 1 saturated heterocycles. The summed E-state index contributed by atoms with van der Waals surface area (Å²) in [5, 5.41) is 3.28. The maximum atomic E-state index is 13.0. The second-order valence-electron chi connectivity index (χ2n) is 7.93. The van der Waals surface area contributed by atoms with Crippen molar-refractivity contribution in [3.8, 4) is 17.2 Å². The molecule has 2 aliphatic heterocycles. The van der Waals surface area contributed by atoms with Gasteiger partial charge >= 0.3 is 0 Å². The van der Waals surface area contributed by atoms with Crippen molar-refractivity contribution in [3.63, 3.8) is 0 Å². The second-order valence-corrected chi connectivity index (χ2v) is 9.68. The zero-order valence-corrected chi connectivity index (χ0v) is 20.1. The smallest absolute Gasteiger partial charge is 0.264 e. The first-order valence-corrected chi connectivity index (χ1v) is 12.2. The van der Waals surface area contributed by atoms with E-state index in [4.69, 9.17) is 37.4 Å². The van der Waals surface area contributed by atoms with Crippen molar-refractivity contribution in [2.75, 3.05) is 33.0 Å². The predicted molar refractivity (Wildman–Crippen MR) is 129 cm³/mol. The summed E-state index contributed by atoms with van der Waals surface area (Å²) in [6.45, 7) is 4.34. The molecular formula is C24H22Cl2N2O4S. The highest BCUT2D eigenvalue weighted by molar-refractivity contribution is 7.12. The molecule has 9 heteroatoms. The lowest BCUT2D eigenvalue weighted by Crippen LogP contribution is -2.48. The van der Waals surface area contributed by atoms with Crippen LogP contribution in [0.15, 0.2) is 47.8 Å². The van der Waals surface area contributed by atoms with Gasteiger partial charge in [-0.05, 0) is 41.3 Å². The average molecular weight is 505 g/mol. The number of benzene rings is 2. The summed E-state index contributed by atoms with van der Waals surface area (Å²) >= 11 is 13.7. The van der Waals surface area contributed by atoms with Crippen molar-refractivity contribution in [3.05, 3.63) is 73.9 Å². The van der Waals surface area contributed by atoms with Gasteiger partial charge in [-0.2, -0.15) is 0 Å². The zero-order valence-electron chi connectivity index (χ0n) is 17.8. The Balaban J connectivity index is 1.12. The number of thiophene rings is 1. The molecule has 3 heterocycles. The summed E-state index contributed by atoms with van der Waals surface area (Å²) < 4.78 is 16.6. The molecule has 172 valence electrons. The number of amides is 1. The monoisotopic (exact) mass is 504 g/mol. The molecule has 5 rings (SSSR count). The molecule has 0 unspecified atom stereocenters. The summed E-state index contributed by atoms with van der Waals surface area (Å²) in [5.74, 6) is 2.18. The van der Waals surface area contributed by atoms with E-state index < -0.39 is 0 Å². The van der Waals surface area contributed by atoms with Gasteiger partial charge in [-0.1, -0.05) is 29.3 Å². The minimum Gasteiger partial charge on any atom is -0.489 e. The third kappa shape index (κ3) is 5.22. The Kier molecular flexibility index (Phi) is 6.64. The van der Waals surface area contributed by atoms with E-state index in [1.54, 1.807) is 6.07 Å². The first kappa shape index (κ1) is 22.3. The lowest BCUT2D eigenvalue weighted by molar-refractivity contribution is 0.0633. The molecule has 2 aromatic carbocycles. The zero-order chi connectivity index (χ0) is 22.8. The van der Waals surface area contributed by atoms with Crippen LogP contribution in [-0.2, 0) is 13.2 Å². The maximum Gasteiger partial charge on any atom is 0.264 e. The number of hydrogen-bond donors (Lipinski definition) is 0. The Bertz CT molecular complexity index is 1160. The van der Waals surface area contributed by atoms with Gasteiger partial charge in [0.15, 0.2) is 11.5 Å². The van der Waals surface area contributed by atoms with Crippen LogP contribution in [0.25, 0.3) is 0 Å². The second kappa shape index (κ2) is 9.81. The van der Waals surface area contributed by atoms with Crippen molar-refractivity contribution in [1.29, 1.82) is 0 Å². The van der Waals surface area contributed by atoms with Crippen LogP contribution in [0, 0.1) is 0 Å². The van der Waals surface area contributed by atoms with Gasteiger partial charge < -0.3 is 19.1 Å². The fourth-order valence-corrected chi connectivity index (χ4v) is 5.18. The molecule has 0 spiro atoms. The fourth-order valence-electron chi connectivity index (χ4n) is 3.85. The van der Waals surface area contributed by atoms with Crippen LogP contribution in [0.2, 0.25) is 10.0 Å². The molecule has 0 saturated carbocycles. The van der Waals surface area contributed by atoms with Gasteiger partial charge in [-0.3, -0.25) is 9.69 Å². The Hall–Kier alpha value is -2.45. The molecule has 0 bridgehead atoms. The highest BCUT2D eigenvalue weighted by atomic mass is 35.5. The first-order chi connectivity index (χ1) is 16.0. The summed E-state index contributed by atoms with van der Waals surface area (Å²) in [4.78, 5) is 17.9. The van der Waals surface area contributed by atoms with Gasteiger partial charge in [0.2, 0.25) is 6.79 Å². The Morgan fingerprint density at radius 2 is 1.82 bits per heavy atom. The summed E-state index contributed by atoms with van der Waals surface area (Å²) in [6, 6.07) is 13.0. The predicted octanol–water partition coefficient (Wildman–Crippen LogP) is 5.32. The van der Waals surface area contributed by atoms with Crippen molar-refractivity contribution < 1.29 is 19.0 Å². The maximum absolute atomic E-state index is 13.0. The van der Waals surface area contributed by atoms with Gasteiger partial charge in [-0.25, -0.2) is 0 Å². The van der Waals surface area contributed by atoms with E-state index in [9.17, 15) is 4.79 Å². The third-order valence-electron chi connectivity index (χ3n) is 5.68. The number of hydrogen-bond acceptors (Lipinski definition) is 6. The molecule has 1 amide bonds. The molecular weight excluding hydrogens is 483 g/mol. The van der Waals surface area contributed by atoms with E-state index in [1.165, 1.54) is 11.3 Å². The quantitative estimate of drug-likeness (QED) is 0.454. The third-order valence-corrected chi connectivity index (χ3v) is 7.24. The van der Waals surface area contributed by atoms with Gasteiger partial charge in [0.05, 0.1) is 4.88 Å². The van der Waals surface area contributed by atoms with Crippen molar-refractivity contribution in [1.82, 2.24) is 9.80 Å². The Labute approximate surface area is 206 Å². The molecule has 2 aliphatic rings. The fraction of sp³-hybridized carbons (Fsp3) is 0.292. The van der Waals surface area contributed by atoms with E-state index >= 15 is 0 Å². The standard InChI is InChI=1S/C24H22Cl2N2O4S/c25-18-2-1-17(20(26)10-18)12-27-5-7-28(8-6-27)24(29)23-9-16(14-33-23)13-30-19-3-4-21-22(11-19)32-15-31-21/h1-4,9-11,14H,5-8,12-13,15H2. The highest BCUT2D eigenvalue weighted by Gasteiger charge is 2.24. The lowest BCUT2D eigenvalue weighted by atomic mass is 10.2. The summed E-state index contributed by atoms with van der Waals surface area (Å²) in [5.41, 5.74) is 2.02. The van der Waals surface area contributed by atoms with Gasteiger partial charge in [0.1, 0.15) is 12.4 Å². The molecule has 33 heavy (non-hydrogen) atoms. The normalized spacial score (nSPS) is 15.6. The van der Waals surface area contributed by atoms with E-state index in [-0.39, 0.29) is 12.7 Å². The van der Waals surface area contributed by atoms with E-state index in [1.807, 2.05) is 46.7 Å². The molecule has 1 aromatic heterocycles. The SMILES string of the molecule is O=C(c1cc(COc2ccc3c(c2)OCO3)cs1)N1CCN(Cc2ccc(Cl)cc2Cl)CC1. The number of carbonyl (C=O) groups excluding carboxylic acids is 1. The van der Waals surface area contributed by atoms with Crippen LogP contribution in [0.4, 0.5) is 0 Å². The lowest BCUT2D eigenvalue weighted by Gasteiger charge is -2.34. The van der Waals surface area contributed by atoms with Crippen molar-refractivity contribution in [2.45, 2.75) is 13.2 Å². The molecule has 0 atom stereocenters. The Morgan fingerprint density at radius 1 is 1.00 bits per heavy atom. The number of rotatable bonds is 6. The van der Waals surface area contributed by atoms with Crippen LogP contribution in [-0.4, -0.2) is 48.7 Å². The first-order valence-electron chi connectivity index (χ1n) is 10.6. The van der Waals surface area contributed by atoms with Gasteiger partial charge in [-0.15, -0.1) is 11.3 Å². The minimum atomic E-state index is 0.0681. The molecule has 3 aromatic rings. The number of ether oxygens (including phenoxy) is 3. The number of fused-ring (bicyclic) bond motifs is 1. The molecule has 0 aliphatic carbocycles. The largest absolute Gasteiger partial charge is 0.489 e. The van der Waals surface area contributed by atoms with Crippen LogP contribution >= 0.6 is 34.5 Å². The van der Waals surface area contributed by atoms with Gasteiger partial charge in [0.25, 0.3) is 5.91 Å². The van der Waals surface area contributed by atoms with Crippen LogP contribution in [0.1, 0.15) is 20.8 Å². The van der Waals surface area contributed by atoms with Gasteiger partial charge in [0, 0.05) is 54.4 Å². The van der Waals surface area contributed by atoms with Crippen LogP contribution < -0.4 is 14.2 Å². The summed E-state index contributed by atoms with van der Waals surface area (Å²) in [7, 11) is 0. The molecule has 6 nitrogen and oxygen atoms in total. The molecule has 0 N–H and O–H groups in total. The van der Waals surface area contributed by atoms with E-state index in [2.05, 4.69) is 4.90 Å². The van der Waals surface area contributed by atoms with E-state index in [0.717, 1.165) is 41.4 Å². The number of halogens is 2. The van der Waals surface area contributed by atoms with Crippen molar-refractivity contribution in [2.24, 2.45) is 0 Å².